The van der Waals surface area contributed by atoms with Crippen LogP contribution in [0.15, 0.2) is 66.5 Å². The van der Waals surface area contributed by atoms with E-state index in [-0.39, 0.29) is 26.4 Å². The van der Waals surface area contributed by atoms with Gasteiger partial charge in [0.1, 0.15) is 13.2 Å². The van der Waals surface area contributed by atoms with Gasteiger partial charge in [-0.1, -0.05) is 27.0 Å². The largest absolute Gasteiger partial charge is 0.463 e. The van der Waals surface area contributed by atoms with Crippen molar-refractivity contribution in [2.24, 2.45) is 0 Å². The van der Waals surface area contributed by atoms with Gasteiger partial charge in [-0.05, 0) is 141 Å². The van der Waals surface area contributed by atoms with Gasteiger partial charge < -0.3 is 37.9 Å². The summed E-state index contributed by atoms with van der Waals surface area (Å²) in [5, 5.41) is 0. The molecule has 0 N–H and O–H groups in total. The van der Waals surface area contributed by atoms with Crippen LogP contribution in [0.5, 0.6) is 11.5 Å². The highest BCUT2D eigenvalue weighted by atomic mass is 79.9. The fraction of sp³-hybridized carbons (Fsp3) is 0.486. The van der Waals surface area contributed by atoms with Gasteiger partial charge in [0, 0.05) is 16.6 Å². The fourth-order valence-electron chi connectivity index (χ4n) is 4.18. The lowest BCUT2D eigenvalue weighted by Gasteiger charge is -2.29. The van der Waals surface area contributed by atoms with Crippen LogP contribution in [0.3, 0.4) is 0 Å². The average molecular weight is 944 g/mol. The van der Waals surface area contributed by atoms with E-state index in [1.165, 1.54) is 0 Å². The van der Waals surface area contributed by atoms with Gasteiger partial charge in [-0.3, -0.25) is 0 Å². The lowest BCUT2D eigenvalue weighted by molar-refractivity contribution is -0.208. The summed E-state index contributed by atoms with van der Waals surface area (Å²) in [6.07, 6.45) is -2.50. The molecule has 0 fully saturated rings. The van der Waals surface area contributed by atoms with Crippen molar-refractivity contribution >= 4 is 75.7 Å². The summed E-state index contributed by atoms with van der Waals surface area (Å²) >= 11 is 14.7. The van der Waals surface area contributed by atoms with E-state index < -0.39 is 42.5 Å². The second kappa shape index (κ2) is 20.3. The summed E-state index contributed by atoms with van der Waals surface area (Å²) in [5.41, 5.74) is 2.24. The number of esters is 2. The van der Waals surface area contributed by atoms with Gasteiger partial charge >= 0.3 is 11.9 Å². The first-order valence-corrected chi connectivity index (χ1v) is 18.5. The summed E-state index contributed by atoms with van der Waals surface area (Å²) in [6, 6.07) is 8.02. The van der Waals surface area contributed by atoms with Crippen molar-refractivity contribution in [2.45, 2.75) is 86.0 Å². The molecule has 2 aromatic rings. The van der Waals surface area contributed by atoms with Crippen molar-refractivity contribution in [3.63, 3.8) is 0 Å². The third-order valence-electron chi connectivity index (χ3n) is 6.81. The van der Waals surface area contributed by atoms with Crippen LogP contribution in [0.1, 0.15) is 66.5 Å². The minimum atomic E-state index is -0.647. The zero-order chi connectivity index (χ0) is 37.1. The van der Waals surface area contributed by atoms with Gasteiger partial charge in [0.15, 0.2) is 36.7 Å². The van der Waals surface area contributed by atoms with Crippen molar-refractivity contribution in [3.05, 3.63) is 77.6 Å². The van der Waals surface area contributed by atoms with Crippen molar-refractivity contribution in [1.29, 1.82) is 0 Å². The molecule has 0 spiro atoms. The van der Waals surface area contributed by atoms with Crippen molar-refractivity contribution < 1.29 is 47.5 Å². The molecule has 0 saturated carbocycles. The van der Waals surface area contributed by atoms with E-state index in [1.54, 1.807) is 41.5 Å². The Morgan fingerprint density at radius 1 is 0.612 bits per heavy atom. The molecule has 4 unspecified atom stereocenters. The second-order valence-corrected chi connectivity index (χ2v) is 14.9. The zero-order valence-electron chi connectivity index (χ0n) is 29.0. The van der Waals surface area contributed by atoms with Crippen molar-refractivity contribution in [2.75, 3.05) is 26.4 Å². The first-order valence-electron chi connectivity index (χ1n) is 15.3. The highest BCUT2D eigenvalue weighted by Gasteiger charge is 2.28. The highest BCUT2D eigenvalue weighted by Crippen LogP contribution is 2.44. The van der Waals surface area contributed by atoms with E-state index >= 15 is 0 Å². The number of carbonyl (C=O) groups is 2. The average Bonchev–Trinajstić information content (AvgIpc) is 3.00. The molecule has 49 heavy (non-hydrogen) atoms. The molecule has 0 saturated heterocycles. The molecule has 14 heteroatoms. The van der Waals surface area contributed by atoms with Crippen LogP contribution in [-0.4, -0.2) is 63.5 Å². The van der Waals surface area contributed by atoms with Crippen LogP contribution in [0.2, 0.25) is 0 Å². The minimum absolute atomic E-state index is 0.0904. The Kier molecular flexibility index (Phi) is 18.0. The Morgan fingerprint density at radius 2 is 0.918 bits per heavy atom. The lowest BCUT2D eigenvalue weighted by atomic mass is 9.78. The van der Waals surface area contributed by atoms with Crippen LogP contribution in [0.25, 0.3) is 0 Å². The maximum atomic E-state index is 11.5. The summed E-state index contributed by atoms with van der Waals surface area (Å²) in [6.45, 7) is 22.0. The third-order valence-corrected chi connectivity index (χ3v) is 9.17. The van der Waals surface area contributed by atoms with Gasteiger partial charge in [-0.15, -0.1) is 0 Å². The number of rotatable bonds is 20. The van der Waals surface area contributed by atoms with Gasteiger partial charge in [-0.2, -0.15) is 0 Å². The molecule has 4 atom stereocenters. The van der Waals surface area contributed by atoms with Crippen molar-refractivity contribution in [1.82, 2.24) is 0 Å². The molecule has 0 radical (unpaired) electrons. The molecule has 0 aliphatic heterocycles. The van der Waals surface area contributed by atoms with Gasteiger partial charge in [0.2, 0.25) is 0 Å². The first-order chi connectivity index (χ1) is 22.8. The molecule has 0 aromatic heterocycles. The lowest BCUT2D eigenvalue weighted by Crippen LogP contribution is -2.26. The topological polar surface area (TPSA) is 108 Å². The molecule has 272 valence electrons. The van der Waals surface area contributed by atoms with Crippen molar-refractivity contribution in [3.8, 4) is 11.5 Å². The first kappa shape index (κ1) is 43.4. The smallest absolute Gasteiger partial charge is 0.333 e. The second-order valence-electron chi connectivity index (χ2n) is 11.5. The number of benzene rings is 2. The molecule has 0 aliphatic carbocycles. The SMILES string of the molecule is C=C(C)C(=O)OCCOC(C)OC(C)Oc1c(Br)cc(C(C)(C)c2cc(Br)c(OC(C)OC(C)OCCOC(=O)C(=C)C)c(Br)c2)cc1Br. The molecule has 0 aliphatic rings. The van der Waals surface area contributed by atoms with Gasteiger partial charge in [-0.25, -0.2) is 9.59 Å². The summed E-state index contributed by atoms with van der Waals surface area (Å²) in [4.78, 5) is 23.0. The maximum Gasteiger partial charge on any atom is 0.333 e. The van der Waals surface area contributed by atoms with Gasteiger partial charge in [0.25, 0.3) is 0 Å². The van der Waals surface area contributed by atoms with E-state index in [1.807, 2.05) is 24.3 Å². The quantitative estimate of drug-likeness (QED) is 0.0552. The molecule has 2 aromatic carbocycles. The molecule has 10 nitrogen and oxygen atoms in total. The van der Waals surface area contributed by atoms with E-state index in [0.717, 1.165) is 29.0 Å². The van der Waals surface area contributed by atoms with E-state index in [2.05, 4.69) is 90.7 Å². The summed E-state index contributed by atoms with van der Waals surface area (Å²) in [7, 11) is 0. The van der Waals surface area contributed by atoms with E-state index in [4.69, 9.17) is 37.9 Å². The molecular weight excluding hydrogens is 900 g/mol. The minimum Gasteiger partial charge on any atom is -0.463 e. The maximum absolute atomic E-state index is 11.5. The molecule has 0 amide bonds. The Hall–Kier alpha value is -1.78. The van der Waals surface area contributed by atoms with Crippen LogP contribution in [0, 0.1) is 0 Å². The molecular formula is C35H44Br4O10. The standard InChI is InChI=1S/C35H44Br4O10/c1-19(2)33(40)44-13-11-42-21(5)46-23(7)48-31-27(36)15-25(16-28(31)37)35(9,10)26-17-29(38)32(30(39)18-26)49-24(8)47-22(6)43-12-14-45-34(41)20(3)4/h15-18,21-24H,1,3,11-14H2,2,4-10H3. The molecule has 0 heterocycles. The zero-order valence-corrected chi connectivity index (χ0v) is 35.3. The van der Waals surface area contributed by atoms with E-state index in [0.29, 0.717) is 22.6 Å². The number of halogens is 4. The summed E-state index contributed by atoms with van der Waals surface area (Å²) in [5.74, 6) is 0.212. The molecule has 0 bridgehead atoms. The Morgan fingerprint density at radius 3 is 1.20 bits per heavy atom. The van der Waals surface area contributed by atoms with E-state index in [9.17, 15) is 9.59 Å². The Bertz CT molecular complexity index is 1320. The number of hydrogen-bond acceptors (Lipinski definition) is 10. The highest BCUT2D eigenvalue weighted by molar-refractivity contribution is 9.11. The predicted molar refractivity (Wildman–Crippen MR) is 201 cm³/mol. The number of ether oxygens (including phenoxy) is 8. The number of hydrogen-bond donors (Lipinski definition) is 0. The fourth-order valence-corrected chi connectivity index (χ4v) is 6.93. The van der Waals surface area contributed by atoms with Crippen LogP contribution >= 0.6 is 63.7 Å². The summed E-state index contributed by atoms with van der Waals surface area (Å²) < 4.78 is 47.9. The van der Waals surface area contributed by atoms with Crippen LogP contribution in [0.4, 0.5) is 0 Å². The normalized spacial score (nSPS) is 14.0. The number of carbonyl (C=O) groups excluding carboxylic acids is 2. The third kappa shape index (κ3) is 14.0. The monoisotopic (exact) mass is 940 g/mol. The Labute approximate surface area is 322 Å². The van der Waals surface area contributed by atoms with Crippen LogP contribution < -0.4 is 9.47 Å². The molecule has 2 rings (SSSR count). The predicted octanol–water partition coefficient (Wildman–Crippen LogP) is 9.51. The van der Waals surface area contributed by atoms with Crippen LogP contribution in [-0.2, 0) is 43.4 Å². The Balaban J connectivity index is 2.03. The van der Waals surface area contributed by atoms with Gasteiger partial charge in [0.05, 0.1) is 31.1 Å².